The molecule has 0 saturated carbocycles. The molecule has 16 heavy (non-hydrogen) atoms. The van der Waals surface area contributed by atoms with Gasteiger partial charge >= 0.3 is 0 Å². The largest absolute Gasteiger partial charge is 0.421 e. The zero-order valence-electron chi connectivity index (χ0n) is 8.08. The molecule has 3 nitrogen and oxygen atoms in total. The van der Waals surface area contributed by atoms with Gasteiger partial charge in [0.1, 0.15) is 0 Å². The fourth-order valence-corrected chi connectivity index (χ4v) is 2.59. The van der Waals surface area contributed by atoms with Crippen LogP contribution in [0.5, 0.6) is 0 Å². The lowest BCUT2D eigenvalue weighted by molar-refractivity contribution is 0.513. The van der Waals surface area contributed by atoms with Gasteiger partial charge in [-0.1, -0.05) is 15.9 Å². The molecular weight excluding hydrogens is 359 g/mol. The minimum atomic E-state index is 0.475. The molecule has 0 aliphatic rings. The number of aromatic nitrogens is 2. The fourth-order valence-electron chi connectivity index (χ4n) is 1.21. The van der Waals surface area contributed by atoms with Crippen LogP contribution in [0.3, 0.4) is 0 Å². The zero-order valence-corrected chi connectivity index (χ0v) is 12.0. The van der Waals surface area contributed by atoms with Crippen LogP contribution < -0.4 is 0 Å². The molecule has 0 unspecified atom stereocenters. The molecule has 0 amide bonds. The number of hydrogen-bond donors (Lipinski definition) is 0. The average molecular weight is 366 g/mol. The first-order valence-electron chi connectivity index (χ1n) is 4.54. The number of halogens is 3. The molecule has 0 fully saturated rings. The summed E-state index contributed by atoms with van der Waals surface area (Å²) in [7, 11) is 0. The summed E-state index contributed by atoms with van der Waals surface area (Å²) >= 11 is 12.4. The van der Waals surface area contributed by atoms with E-state index in [0.29, 0.717) is 24.1 Å². The number of benzene rings is 1. The Hall–Kier alpha value is -0.390. The molecule has 1 aromatic heterocycles. The Labute approximate surface area is 114 Å². The Morgan fingerprint density at radius 2 is 2.06 bits per heavy atom. The zero-order chi connectivity index (χ0) is 11.5. The first-order chi connectivity index (χ1) is 7.70. The van der Waals surface area contributed by atoms with Crippen molar-refractivity contribution in [3.8, 4) is 11.5 Å². The van der Waals surface area contributed by atoms with E-state index in [0.717, 1.165) is 14.5 Å². The summed E-state index contributed by atoms with van der Waals surface area (Å²) in [4.78, 5) is 0. The molecule has 6 heteroatoms. The Kier molecular flexibility index (Phi) is 4.00. The maximum Gasteiger partial charge on any atom is 0.248 e. The predicted molar refractivity (Wildman–Crippen MR) is 69.6 cm³/mol. The molecule has 2 rings (SSSR count). The van der Waals surface area contributed by atoms with Crippen molar-refractivity contribution in [2.45, 2.75) is 6.42 Å². The minimum Gasteiger partial charge on any atom is -0.421 e. The van der Waals surface area contributed by atoms with Crippen LogP contribution in [0.25, 0.3) is 11.5 Å². The van der Waals surface area contributed by atoms with Gasteiger partial charge in [0.2, 0.25) is 11.8 Å². The summed E-state index contributed by atoms with van der Waals surface area (Å²) in [6, 6.07) is 5.76. The normalized spacial score (nSPS) is 10.7. The second kappa shape index (κ2) is 5.29. The molecule has 0 aliphatic heterocycles. The van der Waals surface area contributed by atoms with Crippen LogP contribution in [0.15, 0.2) is 31.6 Å². The van der Waals surface area contributed by atoms with Crippen LogP contribution in [0.4, 0.5) is 0 Å². The summed E-state index contributed by atoms with van der Waals surface area (Å²) in [5.74, 6) is 1.53. The molecule has 0 spiro atoms. The number of aryl methyl sites for hydroxylation is 1. The van der Waals surface area contributed by atoms with Gasteiger partial charge in [0.15, 0.2) is 0 Å². The number of rotatable bonds is 3. The van der Waals surface area contributed by atoms with E-state index < -0.39 is 0 Å². The highest BCUT2D eigenvalue weighted by atomic mass is 79.9. The first-order valence-corrected chi connectivity index (χ1v) is 6.66. The van der Waals surface area contributed by atoms with Crippen molar-refractivity contribution < 1.29 is 4.42 Å². The second-order valence-corrected chi connectivity index (χ2v) is 5.21. The van der Waals surface area contributed by atoms with Crippen molar-refractivity contribution in [1.82, 2.24) is 10.2 Å². The Balaban J connectivity index is 2.35. The summed E-state index contributed by atoms with van der Waals surface area (Å²) in [6.45, 7) is 0. The van der Waals surface area contributed by atoms with Crippen LogP contribution in [0.2, 0.25) is 0 Å². The molecule has 0 atom stereocenters. The van der Waals surface area contributed by atoms with Gasteiger partial charge in [-0.05, 0) is 34.1 Å². The highest BCUT2D eigenvalue weighted by Gasteiger charge is 2.11. The summed E-state index contributed by atoms with van der Waals surface area (Å²) < 4.78 is 7.37. The van der Waals surface area contributed by atoms with Gasteiger partial charge in [-0.2, -0.15) is 0 Å². The lowest BCUT2D eigenvalue weighted by Gasteiger charge is -1.99. The Morgan fingerprint density at radius 3 is 2.75 bits per heavy atom. The number of alkyl halides is 1. The van der Waals surface area contributed by atoms with Crippen LogP contribution in [0.1, 0.15) is 5.89 Å². The van der Waals surface area contributed by atoms with Gasteiger partial charge in [0, 0.05) is 21.2 Å². The molecule has 2 aromatic rings. The quantitative estimate of drug-likeness (QED) is 0.770. The van der Waals surface area contributed by atoms with E-state index in [2.05, 4.69) is 42.1 Å². The smallest absolute Gasteiger partial charge is 0.248 e. The lowest BCUT2D eigenvalue weighted by atomic mass is 10.2. The SMILES string of the molecule is ClCCc1nnc(-c2ccc(Br)cc2Br)o1. The van der Waals surface area contributed by atoms with E-state index in [4.69, 9.17) is 16.0 Å². The maximum absolute atomic E-state index is 5.60. The van der Waals surface area contributed by atoms with Gasteiger partial charge in [-0.25, -0.2) is 0 Å². The van der Waals surface area contributed by atoms with Crippen molar-refractivity contribution in [2.75, 3.05) is 5.88 Å². The molecule has 0 saturated heterocycles. The van der Waals surface area contributed by atoms with Gasteiger partial charge in [0.25, 0.3) is 0 Å². The van der Waals surface area contributed by atoms with Gasteiger partial charge in [-0.15, -0.1) is 21.8 Å². The topological polar surface area (TPSA) is 38.9 Å². The summed E-state index contributed by atoms with van der Waals surface area (Å²) in [5, 5.41) is 7.89. The highest BCUT2D eigenvalue weighted by molar-refractivity contribution is 9.11. The van der Waals surface area contributed by atoms with E-state index in [9.17, 15) is 0 Å². The second-order valence-electron chi connectivity index (χ2n) is 3.06. The molecule has 84 valence electrons. The summed E-state index contributed by atoms with van der Waals surface area (Å²) in [5.41, 5.74) is 0.872. The molecule has 1 heterocycles. The van der Waals surface area contributed by atoms with E-state index in [-0.39, 0.29) is 0 Å². The van der Waals surface area contributed by atoms with Crippen molar-refractivity contribution >= 4 is 43.5 Å². The molecule has 0 radical (unpaired) electrons. The first kappa shape index (κ1) is 12.1. The number of nitrogens with zero attached hydrogens (tertiary/aromatic N) is 2. The van der Waals surface area contributed by atoms with Crippen LogP contribution in [0, 0.1) is 0 Å². The van der Waals surface area contributed by atoms with Crippen molar-refractivity contribution in [2.24, 2.45) is 0 Å². The Bertz CT molecular complexity index is 501. The Morgan fingerprint density at radius 1 is 1.25 bits per heavy atom. The van der Waals surface area contributed by atoms with Crippen LogP contribution >= 0.6 is 43.5 Å². The van der Waals surface area contributed by atoms with Gasteiger partial charge < -0.3 is 4.42 Å². The third-order valence-corrected chi connectivity index (χ3v) is 3.28. The van der Waals surface area contributed by atoms with Gasteiger partial charge in [-0.3, -0.25) is 0 Å². The molecule has 0 aliphatic carbocycles. The molecule has 1 aromatic carbocycles. The molecule has 0 bridgehead atoms. The average Bonchev–Trinajstić information content (AvgIpc) is 2.67. The summed E-state index contributed by atoms with van der Waals surface area (Å²) in [6.07, 6.45) is 0.586. The standard InChI is InChI=1S/C10H7Br2ClN2O/c11-6-1-2-7(8(12)5-6)10-15-14-9(16-10)3-4-13/h1-2,5H,3-4H2. The van der Waals surface area contributed by atoms with Crippen LogP contribution in [-0.4, -0.2) is 16.1 Å². The molecular formula is C10H7Br2ClN2O. The van der Waals surface area contributed by atoms with E-state index in [1.165, 1.54) is 0 Å². The molecule has 0 N–H and O–H groups in total. The van der Waals surface area contributed by atoms with E-state index in [1.807, 2.05) is 18.2 Å². The predicted octanol–water partition coefficient (Wildman–Crippen LogP) is 4.04. The van der Waals surface area contributed by atoms with E-state index >= 15 is 0 Å². The number of hydrogen-bond acceptors (Lipinski definition) is 3. The third-order valence-electron chi connectivity index (χ3n) is 1.94. The third kappa shape index (κ3) is 2.64. The highest BCUT2D eigenvalue weighted by Crippen LogP contribution is 2.29. The monoisotopic (exact) mass is 364 g/mol. The lowest BCUT2D eigenvalue weighted by Crippen LogP contribution is -1.84. The van der Waals surface area contributed by atoms with Crippen molar-refractivity contribution in [3.63, 3.8) is 0 Å². The van der Waals surface area contributed by atoms with Gasteiger partial charge in [0.05, 0.1) is 5.56 Å². The maximum atomic E-state index is 5.60. The minimum absolute atomic E-state index is 0.475. The van der Waals surface area contributed by atoms with E-state index in [1.54, 1.807) is 0 Å². The fraction of sp³-hybridized carbons (Fsp3) is 0.200. The van der Waals surface area contributed by atoms with Crippen molar-refractivity contribution in [1.29, 1.82) is 0 Å². The van der Waals surface area contributed by atoms with Crippen molar-refractivity contribution in [3.05, 3.63) is 33.0 Å². The van der Waals surface area contributed by atoms with Crippen LogP contribution in [-0.2, 0) is 6.42 Å².